The maximum absolute atomic E-state index is 9.70. The molecule has 0 saturated carbocycles. The van der Waals surface area contributed by atoms with Crippen molar-refractivity contribution >= 4 is 0 Å². The molecular weight excluding hydrogens is 178 g/mol. The summed E-state index contributed by atoms with van der Waals surface area (Å²) in [5, 5.41) is 12.8. The second kappa shape index (κ2) is 3.88. The van der Waals surface area contributed by atoms with Crippen LogP contribution in [0.5, 0.6) is 11.5 Å². The fourth-order valence-corrected chi connectivity index (χ4v) is 1.28. The third kappa shape index (κ3) is 1.99. The Balaban J connectivity index is 3.18. The largest absolute Gasteiger partial charge is 0.508 e. The molecule has 78 valence electrons. The van der Waals surface area contributed by atoms with Crippen LogP contribution in [0.1, 0.15) is 19.4 Å². The average Bonchev–Trinajstić information content (AvgIpc) is 2.18. The van der Waals surface area contributed by atoms with Gasteiger partial charge < -0.3 is 15.2 Å². The Morgan fingerprint density at radius 3 is 2.50 bits per heavy atom. The molecule has 0 aromatic heterocycles. The van der Waals surface area contributed by atoms with Gasteiger partial charge in [-0.1, -0.05) is 0 Å². The van der Waals surface area contributed by atoms with Gasteiger partial charge in [-0.3, -0.25) is 0 Å². The van der Waals surface area contributed by atoms with Crippen molar-refractivity contribution in [3.05, 3.63) is 23.8 Å². The first-order chi connectivity index (χ1) is 6.51. The van der Waals surface area contributed by atoms with Crippen molar-refractivity contribution in [1.29, 1.82) is 0 Å². The van der Waals surface area contributed by atoms with Crippen molar-refractivity contribution < 1.29 is 9.84 Å². The normalized spacial score (nSPS) is 11.4. The van der Waals surface area contributed by atoms with Crippen molar-refractivity contribution in [3.63, 3.8) is 0 Å². The molecule has 3 heteroatoms. The summed E-state index contributed by atoms with van der Waals surface area (Å²) >= 11 is 0. The van der Waals surface area contributed by atoms with Crippen molar-refractivity contribution in [2.75, 3.05) is 14.2 Å². The lowest BCUT2D eigenvalue weighted by atomic mass is 9.93. The smallest absolute Gasteiger partial charge is 0.120 e. The Bertz CT molecular complexity index is 321. The minimum Gasteiger partial charge on any atom is -0.508 e. The Labute approximate surface area is 84.7 Å². The van der Waals surface area contributed by atoms with E-state index < -0.39 is 0 Å². The lowest BCUT2D eigenvalue weighted by molar-refractivity contribution is 0.386. The number of phenolic OH excluding ortho intramolecular Hbond substituents is 1. The number of nitrogens with one attached hydrogen (secondary N) is 1. The summed E-state index contributed by atoms with van der Waals surface area (Å²) in [6, 6.07) is 5.23. The van der Waals surface area contributed by atoms with Gasteiger partial charge in [0.25, 0.3) is 0 Å². The quantitative estimate of drug-likeness (QED) is 0.773. The summed E-state index contributed by atoms with van der Waals surface area (Å²) in [5.74, 6) is 1.03. The van der Waals surface area contributed by atoms with E-state index in [-0.39, 0.29) is 11.3 Å². The zero-order valence-electron chi connectivity index (χ0n) is 9.09. The van der Waals surface area contributed by atoms with Gasteiger partial charge >= 0.3 is 0 Å². The van der Waals surface area contributed by atoms with E-state index in [1.54, 1.807) is 19.2 Å². The second-order valence-electron chi connectivity index (χ2n) is 3.76. The highest BCUT2D eigenvalue weighted by atomic mass is 16.5. The molecule has 0 heterocycles. The number of ether oxygens (including phenoxy) is 1. The predicted octanol–water partition coefficient (Wildman–Crippen LogP) is 1.86. The highest BCUT2D eigenvalue weighted by Gasteiger charge is 2.21. The molecule has 1 aromatic rings. The molecule has 1 aromatic carbocycles. The van der Waals surface area contributed by atoms with Crippen LogP contribution in [0, 0.1) is 0 Å². The lowest BCUT2D eigenvalue weighted by Crippen LogP contribution is -2.33. The monoisotopic (exact) mass is 195 g/mol. The SMILES string of the molecule is CNC(C)(C)c1cc(OC)ccc1O. The minimum atomic E-state index is -0.265. The molecule has 0 bridgehead atoms. The molecule has 0 spiro atoms. The van der Waals surface area contributed by atoms with Crippen LogP contribution in [0.15, 0.2) is 18.2 Å². The van der Waals surface area contributed by atoms with E-state index >= 15 is 0 Å². The molecule has 0 atom stereocenters. The molecule has 14 heavy (non-hydrogen) atoms. The van der Waals surface area contributed by atoms with Crippen LogP contribution in [0.4, 0.5) is 0 Å². The summed E-state index contributed by atoms with van der Waals surface area (Å²) in [5.41, 5.74) is 0.567. The van der Waals surface area contributed by atoms with Gasteiger partial charge in [-0.05, 0) is 39.1 Å². The third-order valence-electron chi connectivity index (χ3n) is 2.50. The van der Waals surface area contributed by atoms with E-state index in [1.165, 1.54) is 0 Å². The first-order valence-electron chi connectivity index (χ1n) is 4.57. The van der Waals surface area contributed by atoms with Crippen LogP contribution in [-0.4, -0.2) is 19.3 Å². The van der Waals surface area contributed by atoms with E-state index in [9.17, 15) is 5.11 Å². The van der Waals surface area contributed by atoms with E-state index in [1.807, 2.05) is 27.0 Å². The number of methoxy groups -OCH3 is 1. The van der Waals surface area contributed by atoms with Crippen molar-refractivity contribution in [2.24, 2.45) is 0 Å². The summed E-state index contributed by atoms with van der Waals surface area (Å²) in [7, 11) is 3.47. The Morgan fingerprint density at radius 2 is 2.00 bits per heavy atom. The summed E-state index contributed by atoms with van der Waals surface area (Å²) in [6.07, 6.45) is 0. The van der Waals surface area contributed by atoms with Crippen molar-refractivity contribution in [1.82, 2.24) is 5.32 Å². The van der Waals surface area contributed by atoms with Crippen LogP contribution in [0.25, 0.3) is 0 Å². The Morgan fingerprint density at radius 1 is 1.36 bits per heavy atom. The number of aromatic hydroxyl groups is 1. The number of hydrogen-bond donors (Lipinski definition) is 2. The zero-order chi connectivity index (χ0) is 10.8. The van der Waals surface area contributed by atoms with Gasteiger partial charge in [-0.2, -0.15) is 0 Å². The molecule has 1 rings (SSSR count). The van der Waals surface area contributed by atoms with Gasteiger partial charge in [0.2, 0.25) is 0 Å². The van der Waals surface area contributed by atoms with Gasteiger partial charge in [-0.25, -0.2) is 0 Å². The third-order valence-corrected chi connectivity index (χ3v) is 2.50. The molecule has 0 aliphatic heterocycles. The van der Waals surface area contributed by atoms with Crippen LogP contribution in [-0.2, 0) is 5.54 Å². The Kier molecular flexibility index (Phi) is 3.01. The molecular formula is C11H17NO2. The van der Waals surface area contributed by atoms with Gasteiger partial charge in [0.1, 0.15) is 11.5 Å². The van der Waals surface area contributed by atoms with E-state index in [2.05, 4.69) is 5.32 Å². The number of benzene rings is 1. The fourth-order valence-electron chi connectivity index (χ4n) is 1.28. The highest BCUT2D eigenvalue weighted by Crippen LogP contribution is 2.31. The topological polar surface area (TPSA) is 41.5 Å². The van der Waals surface area contributed by atoms with Crippen molar-refractivity contribution in [3.8, 4) is 11.5 Å². The van der Waals surface area contributed by atoms with Crippen LogP contribution in [0.2, 0.25) is 0 Å². The number of phenols is 1. The molecule has 0 unspecified atom stereocenters. The molecule has 0 aliphatic rings. The predicted molar refractivity (Wildman–Crippen MR) is 56.7 cm³/mol. The molecule has 3 nitrogen and oxygen atoms in total. The molecule has 0 aliphatic carbocycles. The molecule has 0 saturated heterocycles. The first-order valence-corrected chi connectivity index (χ1v) is 4.57. The number of rotatable bonds is 3. The molecule has 2 N–H and O–H groups in total. The summed E-state index contributed by atoms with van der Waals surface area (Å²) in [4.78, 5) is 0. The maximum atomic E-state index is 9.70. The Hall–Kier alpha value is -1.22. The second-order valence-corrected chi connectivity index (χ2v) is 3.76. The van der Waals surface area contributed by atoms with Crippen LogP contribution in [0.3, 0.4) is 0 Å². The first kappa shape index (κ1) is 10.9. The maximum Gasteiger partial charge on any atom is 0.120 e. The van der Waals surface area contributed by atoms with Crippen molar-refractivity contribution in [2.45, 2.75) is 19.4 Å². The fraction of sp³-hybridized carbons (Fsp3) is 0.455. The van der Waals surface area contributed by atoms with Gasteiger partial charge in [-0.15, -0.1) is 0 Å². The van der Waals surface area contributed by atoms with E-state index in [0.29, 0.717) is 0 Å². The molecule has 0 amide bonds. The lowest BCUT2D eigenvalue weighted by Gasteiger charge is -2.25. The van der Waals surface area contributed by atoms with Gasteiger partial charge in [0.05, 0.1) is 7.11 Å². The number of hydrogen-bond acceptors (Lipinski definition) is 3. The van der Waals surface area contributed by atoms with Crippen LogP contribution >= 0.6 is 0 Å². The summed E-state index contributed by atoms with van der Waals surface area (Å²) in [6.45, 7) is 4.00. The average molecular weight is 195 g/mol. The van der Waals surface area contributed by atoms with E-state index in [4.69, 9.17) is 4.74 Å². The van der Waals surface area contributed by atoms with Crippen LogP contribution < -0.4 is 10.1 Å². The molecule has 0 fully saturated rings. The minimum absolute atomic E-state index is 0.265. The van der Waals surface area contributed by atoms with Gasteiger partial charge in [0.15, 0.2) is 0 Å². The molecule has 0 radical (unpaired) electrons. The standard InChI is InChI=1S/C11H17NO2/c1-11(2,12-3)9-7-8(14-4)5-6-10(9)13/h5-7,12-13H,1-4H3. The van der Waals surface area contributed by atoms with Gasteiger partial charge in [0, 0.05) is 11.1 Å². The van der Waals surface area contributed by atoms with E-state index in [0.717, 1.165) is 11.3 Å². The summed E-state index contributed by atoms with van der Waals surface area (Å²) < 4.78 is 5.11. The zero-order valence-corrected chi connectivity index (χ0v) is 9.09. The highest BCUT2D eigenvalue weighted by molar-refractivity contribution is 5.43.